The number of ether oxygens (including phenoxy) is 1. The van der Waals surface area contributed by atoms with E-state index in [-0.39, 0.29) is 6.61 Å². The number of hydrogen-bond acceptors (Lipinski definition) is 3. The van der Waals surface area contributed by atoms with E-state index in [1.165, 1.54) is 0 Å². The van der Waals surface area contributed by atoms with Crippen molar-refractivity contribution in [2.75, 3.05) is 0 Å². The molecule has 0 aromatic heterocycles. The quantitative estimate of drug-likeness (QED) is 0.889. The highest BCUT2D eigenvalue weighted by molar-refractivity contribution is 6.31. The van der Waals surface area contributed by atoms with Crippen LogP contribution in [0.15, 0.2) is 18.2 Å². The largest absolute Gasteiger partial charge is 0.444 e. The third kappa shape index (κ3) is 4.94. The van der Waals surface area contributed by atoms with E-state index in [1.807, 2.05) is 0 Å². The number of rotatable bonds is 3. The van der Waals surface area contributed by atoms with Gasteiger partial charge in [0.05, 0.1) is 6.61 Å². The van der Waals surface area contributed by atoms with Crippen molar-refractivity contribution >= 4 is 17.7 Å². The van der Waals surface area contributed by atoms with Gasteiger partial charge in [-0.2, -0.15) is 0 Å². The lowest BCUT2D eigenvalue weighted by Gasteiger charge is -2.19. The average Bonchev–Trinajstić information content (AvgIpc) is 2.24. The monoisotopic (exact) mass is 271 g/mol. The van der Waals surface area contributed by atoms with Gasteiger partial charge < -0.3 is 15.2 Å². The second-order valence-corrected chi connectivity index (χ2v) is 5.35. The average molecular weight is 272 g/mol. The van der Waals surface area contributed by atoms with Crippen LogP contribution in [0.5, 0.6) is 0 Å². The second-order valence-electron chi connectivity index (χ2n) is 4.94. The van der Waals surface area contributed by atoms with Crippen LogP contribution < -0.4 is 5.32 Å². The van der Waals surface area contributed by atoms with Crippen molar-refractivity contribution in [1.29, 1.82) is 0 Å². The molecule has 0 saturated heterocycles. The summed E-state index contributed by atoms with van der Waals surface area (Å²) in [6, 6.07) is 5.24. The molecule has 0 radical (unpaired) electrons. The van der Waals surface area contributed by atoms with Crippen LogP contribution in [-0.4, -0.2) is 16.8 Å². The second kappa shape index (κ2) is 6.07. The first-order valence-electron chi connectivity index (χ1n) is 5.67. The number of carbonyl (C=O) groups is 1. The summed E-state index contributed by atoms with van der Waals surface area (Å²) in [5.41, 5.74) is 1.00. The summed E-state index contributed by atoms with van der Waals surface area (Å²) in [7, 11) is 0. The lowest BCUT2D eigenvalue weighted by atomic mass is 10.1. The summed E-state index contributed by atoms with van der Waals surface area (Å²) >= 11 is 5.95. The molecular formula is C13H18ClNO3. The van der Waals surface area contributed by atoms with E-state index in [0.29, 0.717) is 17.1 Å². The van der Waals surface area contributed by atoms with Gasteiger partial charge >= 0.3 is 6.09 Å². The molecule has 1 rings (SSSR count). The maximum atomic E-state index is 11.4. The van der Waals surface area contributed by atoms with Crippen molar-refractivity contribution < 1.29 is 14.6 Å². The van der Waals surface area contributed by atoms with Gasteiger partial charge in [0.1, 0.15) is 5.60 Å². The molecule has 0 heterocycles. The number of aliphatic hydroxyl groups excluding tert-OH is 1. The Hall–Kier alpha value is -1.26. The standard InChI is InChI=1S/C13H18ClNO3/c1-13(2,3)18-12(17)15-7-9-4-5-10(8-16)11(14)6-9/h4-6,16H,7-8H2,1-3H3,(H,15,17). The van der Waals surface area contributed by atoms with Gasteiger partial charge in [-0.15, -0.1) is 0 Å². The van der Waals surface area contributed by atoms with Gasteiger partial charge in [0.2, 0.25) is 0 Å². The van der Waals surface area contributed by atoms with Crippen molar-refractivity contribution in [1.82, 2.24) is 5.32 Å². The lowest BCUT2D eigenvalue weighted by Crippen LogP contribution is -2.32. The van der Waals surface area contributed by atoms with Crippen molar-refractivity contribution in [3.8, 4) is 0 Å². The van der Waals surface area contributed by atoms with Crippen LogP contribution in [0.1, 0.15) is 31.9 Å². The van der Waals surface area contributed by atoms with Crippen LogP contribution in [-0.2, 0) is 17.9 Å². The van der Waals surface area contributed by atoms with Gasteiger partial charge in [-0.25, -0.2) is 4.79 Å². The molecule has 1 aromatic carbocycles. The van der Waals surface area contributed by atoms with Crippen LogP contribution in [0, 0.1) is 0 Å². The minimum absolute atomic E-state index is 0.0986. The number of nitrogens with one attached hydrogen (secondary N) is 1. The number of carbonyl (C=O) groups excluding carboxylic acids is 1. The van der Waals surface area contributed by atoms with Gasteiger partial charge in [0.25, 0.3) is 0 Å². The number of amides is 1. The van der Waals surface area contributed by atoms with Gasteiger partial charge in [-0.1, -0.05) is 23.7 Å². The van der Waals surface area contributed by atoms with E-state index in [0.717, 1.165) is 5.56 Å². The zero-order chi connectivity index (χ0) is 13.8. The first-order chi connectivity index (χ1) is 8.31. The maximum absolute atomic E-state index is 11.4. The Balaban J connectivity index is 2.54. The Kier molecular flexibility index (Phi) is 4.99. The molecule has 0 spiro atoms. The Bertz CT molecular complexity index is 427. The summed E-state index contributed by atoms with van der Waals surface area (Å²) in [5.74, 6) is 0. The zero-order valence-electron chi connectivity index (χ0n) is 10.8. The molecule has 0 aliphatic heterocycles. The normalized spacial score (nSPS) is 11.2. The first kappa shape index (κ1) is 14.8. The van der Waals surface area contributed by atoms with Crippen LogP contribution in [0.4, 0.5) is 4.79 Å². The SMILES string of the molecule is CC(C)(C)OC(=O)NCc1ccc(CO)c(Cl)c1. The van der Waals surface area contributed by atoms with Gasteiger partial charge in [0.15, 0.2) is 0 Å². The summed E-state index contributed by atoms with van der Waals surface area (Å²) in [6.07, 6.45) is -0.468. The number of aliphatic hydroxyl groups is 1. The van der Waals surface area contributed by atoms with Crippen molar-refractivity contribution in [3.63, 3.8) is 0 Å². The van der Waals surface area contributed by atoms with E-state index in [2.05, 4.69) is 5.32 Å². The van der Waals surface area contributed by atoms with Gasteiger partial charge in [0, 0.05) is 11.6 Å². The smallest absolute Gasteiger partial charge is 0.407 e. The molecule has 4 nitrogen and oxygen atoms in total. The maximum Gasteiger partial charge on any atom is 0.407 e. The molecule has 5 heteroatoms. The highest BCUT2D eigenvalue weighted by Gasteiger charge is 2.15. The van der Waals surface area contributed by atoms with E-state index >= 15 is 0 Å². The number of hydrogen-bond donors (Lipinski definition) is 2. The van der Waals surface area contributed by atoms with E-state index in [9.17, 15) is 4.79 Å². The third-order valence-corrected chi connectivity index (χ3v) is 2.48. The van der Waals surface area contributed by atoms with E-state index in [1.54, 1.807) is 39.0 Å². The zero-order valence-corrected chi connectivity index (χ0v) is 11.5. The van der Waals surface area contributed by atoms with Crippen LogP contribution >= 0.6 is 11.6 Å². The molecule has 100 valence electrons. The Morgan fingerprint density at radius 3 is 2.61 bits per heavy atom. The molecule has 0 bridgehead atoms. The number of alkyl carbamates (subject to hydrolysis) is 1. The predicted molar refractivity (Wildman–Crippen MR) is 70.4 cm³/mol. The Morgan fingerprint density at radius 1 is 1.44 bits per heavy atom. The van der Waals surface area contributed by atoms with Crippen LogP contribution in [0.25, 0.3) is 0 Å². The molecule has 2 N–H and O–H groups in total. The highest BCUT2D eigenvalue weighted by atomic mass is 35.5. The summed E-state index contributed by atoms with van der Waals surface area (Å²) in [5, 5.41) is 12.1. The minimum Gasteiger partial charge on any atom is -0.444 e. The van der Waals surface area contributed by atoms with E-state index < -0.39 is 11.7 Å². The Morgan fingerprint density at radius 2 is 2.11 bits per heavy atom. The van der Waals surface area contributed by atoms with E-state index in [4.69, 9.17) is 21.4 Å². The molecule has 18 heavy (non-hydrogen) atoms. The van der Waals surface area contributed by atoms with Crippen LogP contribution in [0.3, 0.4) is 0 Å². The summed E-state index contributed by atoms with van der Waals surface area (Å²) in [6.45, 7) is 5.65. The molecule has 0 atom stereocenters. The summed E-state index contributed by atoms with van der Waals surface area (Å²) in [4.78, 5) is 11.4. The molecule has 0 aliphatic rings. The minimum atomic E-state index is -0.511. The molecular weight excluding hydrogens is 254 g/mol. The topological polar surface area (TPSA) is 58.6 Å². The van der Waals surface area contributed by atoms with Gasteiger partial charge in [-0.05, 0) is 38.0 Å². The predicted octanol–water partition coefficient (Wildman–Crippen LogP) is 2.86. The fraction of sp³-hybridized carbons (Fsp3) is 0.462. The number of benzene rings is 1. The summed E-state index contributed by atoms with van der Waals surface area (Å²) < 4.78 is 5.11. The van der Waals surface area contributed by atoms with Crippen molar-refractivity contribution in [2.45, 2.75) is 39.5 Å². The van der Waals surface area contributed by atoms with Gasteiger partial charge in [-0.3, -0.25) is 0 Å². The molecule has 0 aliphatic carbocycles. The lowest BCUT2D eigenvalue weighted by molar-refractivity contribution is 0.0523. The first-order valence-corrected chi connectivity index (χ1v) is 6.04. The Labute approximate surface area is 112 Å². The highest BCUT2D eigenvalue weighted by Crippen LogP contribution is 2.17. The van der Waals surface area contributed by atoms with Crippen molar-refractivity contribution in [2.24, 2.45) is 0 Å². The fourth-order valence-electron chi connectivity index (χ4n) is 1.32. The molecule has 1 amide bonds. The number of halogens is 1. The molecule has 0 unspecified atom stereocenters. The third-order valence-electron chi connectivity index (χ3n) is 2.12. The van der Waals surface area contributed by atoms with Crippen LogP contribution in [0.2, 0.25) is 5.02 Å². The molecule has 0 fully saturated rings. The molecule has 0 saturated carbocycles. The van der Waals surface area contributed by atoms with Crippen molar-refractivity contribution in [3.05, 3.63) is 34.3 Å². The fourth-order valence-corrected chi connectivity index (χ4v) is 1.58. The molecule has 1 aromatic rings.